The lowest BCUT2D eigenvalue weighted by atomic mass is 10.4. The molecule has 0 aliphatic heterocycles. The first-order valence-electron chi connectivity index (χ1n) is 8.74. The summed E-state index contributed by atoms with van der Waals surface area (Å²) in [4.78, 5) is 17.6. The van der Waals surface area contributed by atoms with E-state index in [9.17, 15) is 4.79 Å². The molecule has 0 saturated heterocycles. The van der Waals surface area contributed by atoms with Crippen molar-refractivity contribution in [1.29, 1.82) is 0 Å². The molecule has 1 unspecified atom stereocenters. The summed E-state index contributed by atoms with van der Waals surface area (Å²) in [7, 11) is 0. The van der Waals surface area contributed by atoms with Crippen LogP contribution in [0.15, 0.2) is 63.0 Å². The van der Waals surface area contributed by atoms with Crippen LogP contribution in [0.4, 0.5) is 0 Å². The lowest BCUT2D eigenvalue weighted by Gasteiger charge is -2.13. The van der Waals surface area contributed by atoms with Crippen molar-refractivity contribution in [2.24, 2.45) is 4.99 Å². The average Bonchev–Trinajstić information content (AvgIpc) is 3.18. The molecule has 0 aliphatic carbocycles. The molecule has 3 N–H and O–H groups in total. The predicted molar refractivity (Wildman–Crippen MR) is 107 cm³/mol. The smallest absolute Gasteiger partial charge is 0.287 e. The quantitative estimate of drug-likeness (QED) is 0.272. The van der Waals surface area contributed by atoms with Crippen LogP contribution in [0, 0.1) is 0 Å². The van der Waals surface area contributed by atoms with E-state index in [0.717, 1.165) is 12.5 Å². The van der Waals surface area contributed by atoms with Crippen LogP contribution in [0.1, 0.15) is 24.4 Å². The third-order valence-electron chi connectivity index (χ3n) is 3.38. The summed E-state index contributed by atoms with van der Waals surface area (Å²) in [5.74, 6) is 0.851. The summed E-state index contributed by atoms with van der Waals surface area (Å²) in [6, 6.07) is 13.6. The Kier molecular flexibility index (Phi) is 8.62. The van der Waals surface area contributed by atoms with Crippen molar-refractivity contribution < 1.29 is 9.21 Å². The molecule has 0 spiro atoms. The van der Waals surface area contributed by atoms with Gasteiger partial charge in [0.15, 0.2) is 11.7 Å². The summed E-state index contributed by atoms with van der Waals surface area (Å²) < 4.78 is 5.05. The van der Waals surface area contributed by atoms with Crippen LogP contribution in [0.3, 0.4) is 0 Å². The number of thioether (sulfide) groups is 1. The van der Waals surface area contributed by atoms with Gasteiger partial charge in [0.05, 0.1) is 12.8 Å². The van der Waals surface area contributed by atoms with Crippen molar-refractivity contribution in [2.75, 3.05) is 26.2 Å². The number of guanidine groups is 1. The van der Waals surface area contributed by atoms with Gasteiger partial charge in [-0.2, -0.15) is 0 Å². The summed E-state index contributed by atoms with van der Waals surface area (Å²) >= 11 is 1.80. The molecule has 1 heterocycles. The van der Waals surface area contributed by atoms with Crippen molar-refractivity contribution in [3.8, 4) is 0 Å². The monoisotopic (exact) mass is 374 g/mol. The molecule has 26 heavy (non-hydrogen) atoms. The number of nitrogens with one attached hydrogen (secondary N) is 3. The number of benzene rings is 1. The number of hydrogen-bond donors (Lipinski definition) is 3. The summed E-state index contributed by atoms with van der Waals surface area (Å²) in [5.41, 5.74) is 0. The van der Waals surface area contributed by atoms with Gasteiger partial charge in [-0.05, 0) is 31.2 Å². The molecule has 1 atom stereocenters. The van der Waals surface area contributed by atoms with Crippen molar-refractivity contribution in [1.82, 2.24) is 16.0 Å². The topological polar surface area (TPSA) is 78.7 Å². The van der Waals surface area contributed by atoms with Crippen LogP contribution in [0.25, 0.3) is 0 Å². The summed E-state index contributed by atoms with van der Waals surface area (Å²) in [6.07, 6.45) is 1.48. The van der Waals surface area contributed by atoms with E-state index >= 15 is 0 Å². The Morgan fingerprint density at radius 3 is 2.58 bits per heavy atom. The van der Waals surface area contributed by atoms with Gasteiger partial charge in [0.2, 0.25) is 0 Å². The minimum atomic E-state index is -0.216. The highest BCUT2D eigenvalue weighted by molar-refractivity contribution is 8.00. The van der Waals surface area contributed by atoms with E-state index in [0.29, 0.717) is 30.6 Å². The second-order valence-corrected chi connectivity index (χ2v) is 7.13. The fourth-order valence-electron chi connectivity index (χ4n) is 2.18. The Balaban J connectivity index is 1.72. The van der Waals surface area contributed by atoms with E-state index < -0.39 is 0 Å². The highest BCUT2D eigenvalue weighted by Crippen LogP contribution is 2.22. The van der Waals surface area contributed by atoms with Gasteiger partial charge in [0, 0.05) is 29.8 Å². The fourth-order valence-corrected chi connectivity index (χ4v) is 3.11. The van der Waals surface area contributed by atoms with Crippen LogP contribution >= 0.6 is 11.8 Å². The number of carbonyl (C=O) groups is 1. The highest BCUT2D eigenvalue weighted by atomic mass is 32.2. The van der Waals surface area contributed by atoms with Gasteiger partial charge in [0.1, 0.15) is 0 Å². The molecule has 1 amide bonds. The first-order chi connectivity index (χ1) is 12.7. The fraction of sp³-hybridized carbons (Fsp3) is 0.368. The molecule has 1 aromatic carbocycles. The molecule has 0 saturated carbocycles. The Labute approximate surface area is 158 Å². The van der Waals surface area contributed by atoms with Gasteiger partial charge >= 0.3 is 0 Å². The van der Waals surface area contributed by atoms with E-state index in [1.54, 1.807) is 23.9 Å². The van der Waals surface area contributed by atoms with Crippen molar-refractivity contribution in [3.05, 3.63) is 54.5 Å². The molecule has 2 aromatic rings. The van der Waals surface area contributed by atoms with Gasteiger partial charge in [-0.25, -0.2) is 0 Å². The van der Waals surface area contributed by atoms with E-state index in [2.05, 4.69) is 40.0 Å². The zero-order valence-electron chi connectivity index (χ0n) is 15.2. The van der Waals surface area contributed by atoms with E-state index in [1.165, 1.54) is 11.2 Å². The second kappa shape index (κ2) is 11.3. The first-order valence-corrected chi connectivity index (χ1v) is 9.62. The summed E-state index contributed by atoms with van der Waals surface area (Å²) in [6.45, 7) is 6.74. The van der Waals surface area contributed by atoms with Crippen LogP contribution in [-0.2, 0) is 0 Å². The molecule has 1 aromatic heterocycles. The average molecular weight is 375 g/mol. The minimum Gasteiger partial charge on any atom is -0.459 e. The third-order valence-corrected chi connectivity index (χ3v) is 4.47. The number of amides is 1. The maximum Gasteiger partial charge on any atom is 0.287 e. The largest absolute Gasteiger partial charge is 0.459 e. The van der Waals surface area contributed by atoms with Gasteiger partial charge < -0.3 is 20.4 Å². The lowest BCUT2D eigenvalue weighted by Crippen LogP contribution is -2.41. The van der Waals surface area contributed by atoms with Gasteiger partial charge in [-0.3, -0.25) is 9.79 Å². The number of carbonyl (C=O) groups excluding carboxylic acids is 1. The molecular weight excluding hydrogens is 348 g/mol. The number of nitrogens with zero attached hydrogens (tertiary/aromatic N) is 1. The number of hydrogen-bond acceptors (Lipinski definition) is 4. The molecule has 0 aliphatic rings. The van der Waals surface area contributed by atoms with Crippen LogP contribution in [0.5, 0.6) is 0 Å². The molecule has 140 valence electrons. The molecule has 7 heteroatoms. The maximum atomic E-state index is 11.8. The SMILES string of the molecule is CCNC(=NCC(C)Sc1ccccc1)NCCNC(=O)c1ccco1. The molecule has 6 nitrogen and oxygen atoms in total. The predicted octanol–water partition coefficient (Wildman–Crippen LogP) is 2.75. The maximum absolute atomic E-state index is 11.8. The van der Waals surface area contributed by atoms with Crippen molar-refractivity contribution in [2.45, 2.75) is 24.0 Å². The minimum absolute atomic E-state index is 0.216. The highest BCUT2D eigenvalue weighted by Gasteiger charge is 2.07. The van der Waals surface area contributed by atoms with E-state index in [-0.39, 0.29) is 5.91 Å². The molecule has 0 bridgehead atoms. The second-order valence-electron chi connectivity index (χ2n) is 5.62. The van der Waals surface area contributed by atoms with Gasteiger partial charge in [-0.1, -0.05) is 25.1 Å². The van der Waals surface area contributed by atoms with Gasteiger partial charge in [0.25, 0.3) is 5.91 Å². The molecule has 0 fully saturated rings. The standard InChI is InChI=1S/C19H26N4O2S/c1-3-20-19(22-12-11-21-18(24)17-10-7-13-25-17)23-14-15(2)26-16-8-5-4-6-9-16/h4-10,13,15H,3,11-12,14H2,1-2H3,(H,21,24)(H2,20,22,23). The van der Waals surface area contributed by atoms with Crippen LogP contribution in [0.2, 0.25) is 0 Å². The normalized spacial score (nSPS) is 12.5. The van der Waals surface area contributed by atoms with Crippen molar-refractivity contribution >= 4 is 23.6 Å². The van der Waals surface area contributed by atoms with Crippen LogP contribution < -0.4 is 16.0 Å². The number of furan rings is 1. The van der Waals surface area contributed by atoms with E-state index in [4.69, 9.17) is 4.42 Å². The van der Waals surface area contributed by atoms with Crippen molar-refractivity contribution in [3.63, 3.8) is 0 Å². The third kappa shape index (κ3) is 7.23. The number of rotatable bonds is 9. The Morgan fingerprint density at radius 2 is 1.88 bits per heavy atom. The first kappa shape index (κ1) is 19.9. The lowest BCUT2D eigenvalue weighted by molar-refractivity contribution is 0.0926. The van der Waals surface area contributed by atoms with E-state index in [1.807, 2.05) is 25.1 Å². The zero-order valence-corrected chi connectivity index (χ0v) is 16.0. The Bertz CT molecular complexity index is 674. The Hall–Kier alpha value is -2.41. The van der Waals surface area contributed by atoms with Crippen LogP contribution in [-0.4, -0.2) is 43.3 Å². The molecular formula is C19H26N4O2S. The molecule has 0 radical (unpaired) electrons. The zero-order chi connectivity index (χ0) is 18.6. The molecule has 2 rings (SSSR count). The van der Waals surface area contributed by atoms with Gasteiger partial charge in [-0.15, -0.1) is 11.8 Å². The number of aliphatic imine (C=N–C) groups is 1. The summed E-state index contributed by atoms with van der Waals surface area (Å²) in [5, 5.41) is 9.61. The Morgan fingerprint density at radius 1 is 1.12 bits per heavy atom.